The molecule has 0 fully saturated rings. The van der Waals surface area contributed by atoms with Crippen molar-refractivity contribution in [3.63, 3.8) is 0 Å². The fourth-order valence-electron chi connectivity index (χ4n) is 3.61. The van der Waals surface area contributed by atoms with Gasteiger partial charge in [0.2, 0.25) is 0 Å². The topological polar surface area (TPSA) is 42.7 Å². The molecule has 0 saturated heterocycles. The van der Waals surface area contributed by atoms with E-state index in [2.05, 4.69) is 25.9 Å². The van der Waals surface area contributed by atoms with Crippen molar-refractivity contribution in [2.45, 2.75) is 39.0 Å². The van der Waals surface area contributed by atoms with Gasteiger partial charge in [0.1, 0.15) is 5.69 Å². The fraction of sp³-hybridized carbons (Fsp3) is 0.368. The van der Waals surface area contributed by atoms with Crippen molar-refractivity contribution < 1.29 is 13.2 Å². The Balaban J connectivity index is 1.63. The maximum Gasteiger partial charge on any atom is 0.433 e. The van der Waals surface area contributed by atoms with E-state index < -0.39 is 11.9 Å². The molecule has 26 heavy (non-hydrogen) atoms. The van der Waals surface area contributed by atoms with Crippen molar-refractivity contribution in [3.05, 3.63) is 58.8 Å². The predicted octanol–water partition coefficient (Wildman–Crippen LogP) is 3.65. The Labute approximate surface area is 149 Å². The first kappa shape index (κ1) is 17.0. The molecule has 3 aromatic rings. The normalized spacial score (nSPS) is 14.6. The van der Waals surface area contributed by atoms with Crippen molar-refractivity contribution in [1.29, 1.82) is 0 Å². The highest BCUT2D eigenvalue weighted by atomic mass is 19.4. The Morgan fingerprint density at radius 2 is 2.04 bits per heavy atom. The predicted molar refractivity (Wildman–Crippen MR) is 92.8 cm³/mol. The van der Waals surface area contributed by atoms with Gasteiger partial charge in [-0.2, -0.15) is 13.2 Å². The van der Waals surface area contributed by atoms with Crippen LogP contribution in [0.25, 0.3) is 10.9 Å². The van der Waals surface area contributed by atoms with Crippen molar-refractivity contribution >= 4 is 10.9 Å². The number of nitrogens with one attached hydrogen (secondary N) is 1. The molecule has 4 heterocycles. The van der Waals surface area contributed by atoms with Crippen LogP contribution in [0.5, 0.6) is 0 Å². The quantitative estimate of drug-likeness (QED) is 0.775. The Morgan fingerprint density at radius 3 is 2.77 bits per heavy atom. The number of alkyl halides is 3. The SMILES string of the molecule is Cc1cc2c3c(n(CCc4ccc(C(F)(F)F)nc4)c2cn1)CCNC3. The minimum atomic E-state index is -4.40. The largest absolute Gasteiger partial charge is 0.433 e. The van der Waals surface area contributed by atoms with Crippen LogP contribution in [0.4, 0.5) is 13.2 Å². The zero-order valence-corrected chi connectivity index (χ0v) is 14.4. The van der Waals surface area contributed by atoms with Crippen LogP contribution < -0.4 is 5.32 Å². The molecule has 0 unspecified atom stereocenters. The molecule has 0 spiro atoms. The summed E-state index contributed by atoms with van der Waals surface area (Å²) in [6.45, 7) is 4.44. The summed E-state index contributed by atoms with van der Waals surface area (Å²) in [5.41, 5.74) is 4.62. The molecule has 0 amide bonds. The van der Waals surface area contributed by atoms with Gasteiger partial charge in [-0.3, -0.25) is 9.97 Å². The Hall–Kier alpha value is -2.41. The van der Waals surface area contributed by atoms with Gasteiger partial charge in [-0.05, 0) is 36.6 Å². The average molecular weight is 360 g/mol. The van der Waals surface area contributed by atoms with Gasteiger partial charge in [0.05, 0.1) is 11.7 Å². The zero-order valence-electron chi connectivity index (χ0n) is 14.4. The number of nitrogens with zero attached hydrogens (tertiary/aromatic N) is 3. The number of aromatic nitrogens is 3. The number of rotatable bonds is 3. The second kappa shape index (κ2) is 6.39. The van der Waals surface area contributed by atoms with Crippen molar-refractivity contribution in [1.82, 2.24) is 19.9 Å². The van der Waals surface area contributed by atoms with Gasteiger partial charge >= 0.3 is 6.18 Å². The molecule has 0 aliphatic carbocycles. The zero-order chi connectivity index (χ0) is 18.3. The molecule has 1 N–H and O–H groups in total. The maximum absolute atomic E-state index is 12.6. The minimum Gasteiger partial charge on any atom is -0.343 e. The Morgan fingerprint density at radius 1 is 1.19 bits per heavy atom. The molecule has 3 aromatic heterocycles. The van der Waals surface area contributed by atoms with Crippen LogP contribution in [0, 0.1) is 6.92 Å². The highest BCUT2D eigenvalue weighted by Crippen LogP contribution is 2.30. The van der Waals surface area contributed by atoms with Gasteiger partial charge in [0, 0.05) is 49.0 Å². The Bertz CT molecular complexity index is 942. The van der Waals surface area contributed by atoms with Gasteiger partial charge in [-0.25, -0.2) is 0 Å². The molecule has 136 valence electrons. The summed E-state index contributed by atoms with van der Waals surface area (Å²) in [5.74, 6) is 0. The third-order valence-corrected chi connectivity index (χ3v) is 4.89. The van der Waals surface area contributed by atoms with Crippen LogP contribution in [0.15, 0.2) is 30.6 Å². The third kappa shape index (κ3) is 3.07. The van der Waals surface area contributed by atoms with Crippen LogP contribution in [0.3, 0.4) is 0 Å². The van der Waals surface area contributed by atoms with E-state index in [0.717, 1.165) is 42.4 Å². The Kier molecular flexibility index (Phi) is 4.19. The van der Waals surface area contributed by atoms with E-state index in [4.69, 9.17) is 0 Å². The first-order valence-corrected chi connectivity index (χ1v) is 8.63. The third-order valence-electron chi connectivity index (χ3n) is 4.89. The standard InChI is InChI=1S/C19H19F3N4/c1-12-8-14-15-10-23-6-4-16(15)26(17(14)11-24-12)7-5-13-2-3-18(25-9-13)19(20,21)22/h2-3,8-9,11,23H,4-7,10H2,1H3. The minimum absolute atomic E-state index is 0.628. The van der Waals surface area contributed by atoms with E-state index in [0.29, 0.717) is 13.0 Å². The summed E-state index contributed by atoms with van der Waals surface area (Å²) in [6.07, 6.45) is 0.390. The number of hydrogen-bond acceptors (Lipinski definition) is 3. The molecule has 7 heteroatoms. The molecule has 0 radical (unpaired) electrons. The lowest BCUT2D eigenvalue weighted by atomic mass is 10.1. The molecule has 0 bridgehead atoms. The summed E-state index contributed by atoms with van der Waals surface area (Å²) < 4.78 is 40.2. The number of aryl methyl sites for hydroxylation is 3. The summed E-state index contributed by atoms with van der Waals surface area (Å²) in [5, 5.41) is 4.62. The van der Waals surface area contributed by atoms with Crippen LogP contribution in [0.1, 0.15) is 28.2 Å². The summed E-state index contributed by atoms with van der Waals surface area (Å²) in [7, 11) is 0. The average Bonchev–Trinajstić information content (AvgIpc) is 2.93. The highest BCUT2D eigenvalue weighted by Gasteiger charge is 2.32. The van der Waals surface area contributed by atoms with Crippen LogP contribution >= 0.6 is 0 Å². The van der Waals surface area contributed by atoms with Gasteiger partial charge < -0.3 is 9.88 Å². The van der Waals surface area contributed by atoms with Gasteiger partial charge in [0.25, 0.3) is 0 Å². The van der Waals surface area contributed by atoms with Gasteiger partial charge in [-0.15, -0.1) is 0 Å². The van der Waals surface area contributed by atoms with E-state index in [-0.39, 0.29) is 0 Å². The molecule has 0 atom stereocenters. The van der Waals surface area contributed by atoms with E-state index >= 15 is 0 Å². The fourth-order valence-corrected chi connectivity index (χ4v) is 3.61. The molecule has 4 rings (SSSR count). The summed E-state index contributed by atoms with van der Waals surface area (Å²) in [4.78, 5) is 7.98. The van der Waals surface area contributed by atoms with Gasteiger partial charge in [-0.1, -0.05) is 6.07 Å². The first-order chi connectivity index (χ1) is 12.4. The summed E-state index contributed by atoms with van der Waals surface area (Å²) in [6, 6.07) is 4.67. The van der Waals surface area contributed by atoms with Gasteiger partial charge in [0.15, 0.2) is 0 Å². The van der Waals surface area contributed by atoms with Crippen molar-refractivity contribution in [2.24, 2.45) is 0 Å². The second-order valence-corrected chi connectivity index (χ2v) is 6.65. The lowest BCUT2D eigenvalue weighted by molar-refractivity contribution is -0.141. The molecule has 0 aromatic carbocycles. The lowest BCUT2D eigenvalue weighted by Crippen LogP contribution is -2.24. The van der Waals surface area contributed by atoms with E-state index in [1.54, 1.807) is 0 Å². The first-order valence-electron chi connectivity index (χ1n) is 8.63. The van der Waals surface area contributed by atoms with Crippen LogP contribution in [-0.4, -0.2) is 21.1 Å². The smallest absolute Gasteiger partial charge is 0.343 e. The van der Waals surface area contributed by atoms with Crippen molar-refractivity contribution in [2.75, 3.05) is 6.54 Å². The lowest BCUT2D eigenvalue weighted by Gasteiger charge is -2.17. The maximum atomic E-state index is 12.6. The molecule has 1 aliphatic rings. The molecular weight excluding hydrogens is 341 g/mol. The second-order valence-electron chi connectivity index (χ2n) is 6.65. The molecular formula is C19H19F3N4. The van der Waals surface area contributed by atoms with Crippen LogP contribution in [-0.2, 0) is 32.1 Å². The monoisotopic (exact) mass is 360 g/mol. The van der Waals surface area contributed by atoms with E-state index in [9.17, 15) is 13.2 Å². The summed E-state index contributed by atoms with van der Waals surface area (Å²) >= 11 is 0. The number of halogens is 3. The molecule has 0 saturated carbocycles. The number of hydrogen-bond donors (Lipinski definition) is 1. The number of pyridine rings is 2. The highest BCUT2D eigenvalue weighted by molar-refractivity contribution is 5.85. The molecule has 1 aliphatic heterocycles. The van der Waals surface area contributed by atoms with E-state index in [1.807, 2.05) is 13.1 Å². The van der Waals surface area contributed by atoms with E-state index in [1.165, 1.54) is 28.9 Å². The van der Waals surface area contributed by atoms with Crippen LogP contribution in [0.2, 0.25) is 0 Å². The van der Waals surface area contributed by atoms with Crippen molar-refractivity contribution in [3.8, 4) is 0 Å². The molecule has 4 nitrogen and oxygen atoms in total. The number of fused-ring (bicyclic) bond motifs is 3.